The van der Waals surface area contributed by atoms with Gasteiger partial charge in [0, 0.05) is 18.7 Å². The number of phenols is 1. The van der Waals surface area contributed by atoms with Crippen LogP contribution in [0.3, 0.4) is 0 Å². The van der Waals surface area contributed by atoms with Crippen LogP contribution >= 0.6 is 0 Å². The van der Waals surface area contributed by atoms with E-state index in [1.54, 1.807) is 30.4 Å². The van der Waals surface area contributed by atoms with Crippen LogP contribution in [0.1, 0.15) is 54.4 Å². The Morgan fingerprint density at radius 2 is 1.62 bits per heavy atom. The molecule has 0 spiro atoms. The summed E-state index contributed by atoms with van der Waals surface area (Å²) in [5.74, 6) is 0.820. The Labute approximate surface area is 237 Å². The molecule has 0 radical (unpaired) electrons. The molecule has 1 aromatic heterocycles. The number of hydrogen-bond donors (Lipinski definition) is 1. The van der Waals surface area contributed by atoms with E-state index in [2.05, 4.69) is 38.0 Å². The van der Waals surface area contributed by atoms with E-state index in [9.17, 15) is 9.90 Å². The monoisotopic (exact) mass is 549 g/mol. The Balaban J connectivity index is 2.09. The molecule has 0 fully saturated rings. The summed E-state index contributed by atoms with van der Waals surface area (Å²) in [6.45, 7) is 22.6. The number of nitrogens with zero attached hydrogens (tertiary/aromatic N) is 1. The van der Waals surface area contributed by atoms with E-state index < -0.39 is 11.2 Å². The third kappa shape index (κ3) is 7.48. The summed E-state index contributed by atoms with van der Waals surface area (Å²) in [5.41, 5.74) is -1.38. The second-order valence-electron chi connectivity index (χ2n) is 10.9. The van der Waals surface area contributed by atoms with Crippen LogP contribution in [-0.2, 0) is 0 Å². The quantitative estimate of drug-likeness (QED) is 0.156. The Morgan fingerprint density at radius 1 is 0.975 bits per heavy atom. The summed E-state index contributed by atoms with van der Waals surface area (Å²) in [4.78, 5) is 15.9. The van der Waals surface area contributed by atoms with Gasteiger partial charge >= 0.3 is 0 Å². The topological polar surface area (TPSA) is 81.4 Å². The summed E-state index contributed by atoms with van der Waals surface area (Å²) < 4.78 is 24.6. The third-order valence-corrected chi connectivity index (χ3v) is 6.49. The maximum atomic E-state index is 13.5. The van der Waals surface area contributed by atoms with E-state index in [0.717, 1.165) is 32.5 Å². The van der Waals surface area contributed by atoms with E-state index in [4.69, 9.17) is 18.6 Å². The normalized spacial score (nSPS) is 12.4. The number of phenolic OH excluding ortho intramolecular Hbond substituents is 1. The molecule has 0 bridgehead atoms. The second kappa shape index (κ2) is 13.1. The van der Waals surface area contributed by atoms with E-state index in [1.807, 2.05) is 33.8 Å². The second-order valence-corrected chi connectivity index (χ2v) is 10.9. The average molecular weight is 550 g/mol. The molecular formula is C33H43NO6. The number of ether oxygens (including phenoxy) is 3. The van der Waals surface area contributed by atoms with E-state index in [1.165, 1.54) is 6.07 Å². The Bertz CT molecular complexity index is 1430. The molecule has 0 atom stereocenters. The summed E-state index contributed by atoms with van der Waals surface area (Å²) >= 11 is 0. The largest absolute Gasteiger partial charge is 0.507 e. The van der Waals surface area contributed by atoms with Crippen molar-refractivity contribution in [3.05, 3.63) is 72.0 Å². The van der Waals surface area contributed by atoms with Crippen LogP contribution in [-0.4, -0.2) is 47.4 Å². The van der Waals surface area contributed by atoms with Gasteiger partial charge in [0.15, 0.2) is 11.3 Å². The van der Waals surface area contributed by atoms with Crippen molar-refractivity contribution in [2.45, 2.75) is 65.6 Å². The van der Waals surface area contributed by atoms with Crippen LogP contribution in [0.2, 0.25) is 0 Å². The minimum atomic E-state index is -0.699. The zero-order chi connectivity index (χ0) is 29.5. The first kappa shape index (κ1) is 30.8. The maximum absolute atomic E-state index is 13.5. The Kier molecular flexibility index (Phi) is 10.1. The van der Waals surface area contributed by atoms with Gasteiger partial charge in [-0.3, -0.25) is 9.69 Å². The van der Waals surface area contributed by atoms with Crippen LogP contribution < -0.4 is 19.6 Å². The molecule has 0 aliphatic carbocycles. The standard InChI is InChI=1S/C33H43NO6/c1-9-17-34(18-10-2)19-13-14-20-37-31-26(40-33(7,8)12-4)16-15-24-29(36)28-25(35)21-23(39-32(5,6)11-3)22-27(28)38-30(24)31/h11-16,21-22,35H,3-4,9-10,17-20H2,1-2,5-8H3/b14-13+. The number of rotatable bonds is 15. The summed E-state index contributed by atoms with van der Waals surface area (Å²) in [6, 6.07) is 6.29. The summed E-state index contributed by atoms with van der Waals surface area (Å²) in [6.07, 6.45) is 9.57. The highest BCUT2D eigenvalue weighted by Crippen LogP contribution is 2.40. The highest BCUT2D eigenvalue weighted by atomic mass is 16.5. The van der Waals surface area contributed by atoms with Crippen molar-refractivity contribution < 1.29 is 23.7 Å². The molecule has 7 nitrogen and oxygen atoms in total. The summed E-state index contributed by atoms with van der Waals surface area (Å²) in [7, 11) is 0. The molecule has 0 amide bonds. The number of benzene rings is 2. The minimum Gasteiger partial charge on any atom is -0.507 e. The van der Waals surface area contributed by atoms with Crippen molar-refractivity contribution >= 4 is 21.9 Å². The fourth-order valence-electron chi connectivity index (χ4n) is 4.25. The zero-order valence-electron chi connectivity index (χ0n) is 24.7. The molecule has 7 heteroatoms. The van der Waals surface area contributed by atoms with Gasteiger partial charge in [0.1, 0.15) is 40.3 Å². The van der Waals surface area contributed by atoms with E-state index in [-0.39, 0.29) is 39.7 Å². The molecule has 216 valence electrons. The fourth-order valence-corrected chi connectivity index (χ4v) is 4.25. The number of fused-ring (bicyclic) bond motifs is 2. The lowest BCUT2D eigenvalue weighted by Crippen LogP contribution is -2.25. The highest BCUT2D eigenvalue weighted by molar-refractivity contribution is 5.96. The van der Waals surface area contributed by atoms with Gasteiger partial charge in [-0.15, -0.1) is 0 Å². The van der Waals surface area contributed by atoms with Crippen LogP contribution in [0.25, 0.3) is 21.9 Å². The van der Waals surface area contributed by atoms with E-state index >= 15 is 0 Å². The van der Waals surface area contributed by atoms with Crippen LogP contribution in [0.5, 0.6) is 23.0 Å². The maximum Gasteiger partial charge on any atom is 0.205 e. The minimum absolute atomic E-state index is 0.0640. The third-order valence-electron chi connectivity index (χ3n) is 6.49. The van der Waals surface area contributed by atoms with E-state index in [0.29, 0.717) is 17.2 Å². The number of hydrogen-bond acceptors (Lipinski definition) is 7. The molecular weight excluding hydrogens is 506 g/mol. The predicted octanol–water partition coefficient (Wildman–Crippen LogP) is 7.40. The van der Waals surface area contributed by atoms with Crippen molar-refractivity contribution in [1.29, 1.82) is 0 Å². The SMILES string of the molecule is C=CC(C)(C)Oc1cc(O)c2c(=O)c3ccc(OC(C)(C)C=C)c(OC/C=C/CN(CCC)CCC)c3oc2c1. The molecule has 0 aliphatic heterocycles. The van der Waals surface area contributed by atoms with Gasteiger partial charge < -0.3 is 23.7 Å². The molecule has 0 saturated carbocycles. The predicted molar refractivity (Wildman–Crippen MR) is 163 cm³/mol. The Hall–Kier alpha value is -3.71. The zero-order valence-corrected chi connectivity index (χ0v) is 24.7. The van der Waals surface area contributed by atoms with Gasteiger partial charge in [-0.05, 0) is 77.9 Å². The average Bonchev–Trinajstić information content (AvgIpc) is 2.89. The van der Waals surface area contributed by atoms with Crippen molar-refractivity contribution in [2.75, 3.05) is 26.2 Å². The molecule has 1 N–H and O–H groups in total. The molecule has 0 aliphatic rings. The van der Waals surface area contributed by atoms with Crippen LogP contribution in [0.15, 0.2) is 70.9 Å². The van der Waals surface area contributed by atoms with Crippen molar-refractivity contribution in [1.82, 2.24) is 4.90 Å². The van der Waals surface area contributed by atoms with Gasteiger partial charge in [-0.1, -0.05) is 39.2 Å². The van der Waals surface area contributed by atoms with Crippen molar-refractivity contribution in [2.24, 2.45) is 0 Å². The van der Waals surface area contributed by atoms with Gasteiger partial charge in [-0.25, -0.2) is 0 Å². The number of aromatic hydroxyl groups is 1. The molecule has 2 aromatic carbocycles. The highest BCUT2D eigenvalue weighted by Gasteiger charge is 2.24. The first-order valence-corrected chi connectivity index (χ1v) is 13.9. The van der Waals surface area contributed by atoms with Gasteiger partial charge in [-0.2, -0.15) is 0 Å². The first-order valence-electron chi connectivity index (χ1n) is 13.9. The molecule has 40 heavy (non-hydrogen) atoms. The molecule has 3 aromatic rings. The lowest BCUT2D eigenvalue weighted by Gasteiger charge is -2.24. The lowest BCUT2D eigenvalue weighted by atomic mass is 10.1. The molecule has 0 saturated heterocycles. The summed E-state index contributed by atoms with van der Waals surface area (Å²) in [5, 5.41) is 11.1. The van der Waals surface area contributed by atoms with Gasteiger partial charge in [0.2, 0.25) is 11.2 Å². The fraction of sp³-hybridized carbons (Fsp3) is 0.424. The van der Waals surface area contributed by atoms with Crippen molar-refractivity contribution in [3.63, 3.8) is 0 Å². The van der Waals surface area contributed by atoms with Crippen molar-refractivity contribution in [3.8, 4) is 23.0 Å². The van der Waals surface area contributed by atoms with Crippen LogP contribution in [0, 0.1) is 0 Å². The Morgan fingerprint density at radius 3 is 2.25 bits per heavy atom. The molecule has 1 heterocycles. The molecule has 0 unspecified atom stereocenters. The molecule has 3 rings (SSSR count). The lowest BCUT2D eigenvalue weighted by molar-refractivity contribution is 0.154. The smallest absolute Gasteiger partial charge is 0.205 e. The first-order chi connectivity index (χ1) is 18.9. The van der Waals surface area contributed by atoms with Gasteiger partial charge in [0.25, 0.3) is 0 Å². The van der Waals surface area contributed by atoms with Crippen LogP contribution in [0.4, 0.5) is 0 Å². The van der Waals surface area contributed by atoms with Gasteiger partial charge in [0.05, 0.1) is 5.39 Å².